The van der Waals surface area contributed by atoms with Crippen molar-refractivity contribution in [1.82, 2.24) is 19.7 Å². The summed E-state index contributed by atoms with van der Waals surface area (Å²) in [6.45, 7) is 7.23. The monoisotopic (exact) mass is 329 g/mol. The van der Waals surface area contributed by atoms with Crippen LogP contribution in [0.25, 0.3) is 16.7 Å². The largest absolute Gasteiger partial charge is 0.369 e. The van der Waals surface area contributed by atoms with Crippen LogP contribution in [0.1, 0.15) is 26.6 Å². The van der Waals surface area contributed by atoms with Crippen LogP contribution in [0.2, 0.25) is 5.02 Å². The van der Waals surface area contributed by atoms with Gasteiger partial charge in [-0.2, -0.15) is 5.10 Å². The Balaban J connectivity index is 2.15. The molecule has 0 saturated carbocycles. The van der Waals surface area contributed by atoms with Gasteiger partial charge in [-0.25, -0.2) is 14.6 Å². The van der Waals surface area contributed by atoms with Crippen molar-refractivity contribution < 1.29 is 0 Å². The topological polar surface area (TPSA) is 55.6 Å². The van der Waals surface area contributed by atoms with Crippen LogP contribution in [0, 0.1) is 5.92 Å². The lowest BCUT2D eigenvalue weighted by atomic mass is 10.2. The number of rotatable bonds is 5. The van der Waals surface area contributed by atoms with Crippen LogP contribution in [-0.4, -0.2) is 26.3 Å². The Labute approximate surface area is 140 Å². The molecule has 0 radical (unpaired) electrons. The highest BCUT2D eigenvalue weighted by atomic mass is 35.5. The Morgan fingerprint density at radius 3 is 2.70 bits per heavy atom. The lowest BCUT2D eigenvalue weighted by molar-refractivity contribution is 0.687. The van der Waals surface area contributed by atoms with E-state index in [1.54, 1.807) is 10.9 Å². The van der Waals surface area contributed by atoms with E-state index in [1.807, 2.05) is 31.2 Å². The zero-order chi connectivity index (χ0) is 16.4. The van der Waals surface area contributed by atoms with Crippen LogP contribution in [0.15, 0.2) is 30.5 Å². The summed E-state index contributed by atoms with van der Waals surface area (Å²) in [6, 6.07) is 7.63. The number of hydrogen-bond donors (Lipinski definition) is 1. The molecule has 5 nitrogen and oxygen atoms in total. The van der Waals surface area contributed by atoms with E-state index in [0.29, 0.717) is 10.9 Å². The van der Waals surface area contributed by atoms with Crippen LogP contribution in [0.5, 0.6) is 0 Å². The number of aromatic nitrogens is 4. The van der Waals surface area contributed by atoms with E-state index in [9.17, 15) is 0 Å². The van der Waals surface area contributed by atoms with E-state index >= 15 is 0 Å². The molecular formula is C17H20ClN5. The van der Waals surface area contributed by atoms with Crippen molar-refractivity contribution in [1.29, 1.82) is 0 Å². The minimum Gasteiger partial charge on any atom is -0.369 e. The summed E-state index contributed by atoms with van der Waals surface area (Å²) in [7, 11) is 0. The SMILES string of the molecule is CCc1nc(NCC(C)C)c2cnn(-c3ccccc3Cl)c2n1. The maximum Gasteiger partial charge on any atom is 0.168 e. The Hall–Kier alpha value is -2.14. The molecule has 2 heterocycles. The molecule has 3 rings (SSSR count). The molecule has 120 valence electrons. The highest BCUT2D eigenvalue weighted by Gasteiger charge is 2.15. The lowest BCUT2D eigenvalue weighted by Gasteiger charge is -2.11. The summed E-state index contributed by atoms with van der Waals surface area (Å²) in [6.07, 6.45) is 2.56. The molecule has 0 amide bonds. The first-order chi connectivity index (χ1) is 11.1. The molecule has 0 atom stereocenters. The first-order valence-corrected chi connectivity index (χ1v) is 8.21. The quantitative estimate of drug-likeness (QED) is 0.765. The summed E-state index contributed by atoms with van der Waals surface area (Å²) in [5.74, 6) is 2.15. The number of fused-ring (bicyclic) bond motifs is 1. The Morgan fingerprint density at radius 2 is 2.00 bits per heavy atom. The van der Waals surface area contributed by atoms with Crippen molar-refractivity contribution in [3.05, 3.63) is 41.3 Å². The number of halogens is 1. The average molecular weight is 330 g/mol. The number of hydrogen-bond acceptors (Lipinski definition) is 4. The van der Waals surface area contributed by atoms with Crippen molar-refractivity contribution in [3.63, 3.8) is 0 Å². The van der Waals surface area contributed by atoms with Crippen molar-refractivity contribution >= 4 is 28.5 Å². The van der Waals surface area contributed by atoms with Gasteiger partial charge in [0.1, 0.15) is 11.6 Å². The normalized spacial score (nSPS) is 11.3. The number of aryl methyl sites for hydroxylation is 1. The van der Waals surface area contributed by atoms with Crippen LogP contribution < -0.4 is 5.32 Å². The highest BCUT2D eigenvalue weighted by molar-refractivity contribution is 6.32. The second-order valence-corrected chi connectivity index (χ2v) is 6.27. The molecule has 0 fully saturated rings. The van der Waals surface area contributed by atoms with Gasteiger partial charge in [0.05, 0.1) is 22.3 Å². The first kappa shape index (κ1) is 15.7. The molecule has 1 N–H and O–H groups in total. The van der Waals surface area contributed by atoms with Gasteiger partial charge >= 0.3 is 0 Å². The van der Waals surface area contributed by atoms with Gasteiger partial charge in [0.2, 0.25) is 0 Å². The molecule has 23 heavy (non-hydrogen) atoms. The lowest BCUT2D eigenvalue weighted by Crippen LogP contribution is -2.11. The van der Waals surface area contributed by atoms with Crippen molar-refractivity contribution in [2.24, 2.45) is 5.92 Å². The fourth-order valence-electron chi connectivity index (χ4n) is 2.35. The van der Waals surface area contributed by atoms with Gasteiger partial charge in [-0.15, -0.1) is 0 Å². The Bertz CT molecular complexity index is 825. The minimum absolute atomic E-state index is 0.531. The molecule has 0 spiro atoms. The van der Waals surface area contributed by atoms with E-state index in [0.717, 1.165) is 41.3 Å². The van der Waals surface area contributed by atoms with E-state index in [4.69, 9.17) is 11.6 Å². The van der Waals surface area contributed by atoms with Crippen molar-refractivity contribution in [3.8, 4) is 5.69 Å². The van der Waals surface area contributed by atoms with Gasteiger partial charge in [0.25, 0.3) is 0 Å². The summed E-state index contributed by atoms with van der Waals surface area (Å²) in [4.78, 5) is 9.26. The molecule has 2 aromatic heterocycles. The third kappa shape index (κ3) is 3.15. The predicted molar refractivity (Wildman–Crippen MR) is 94.4 cm³/mol. The smallest absolute Gasteiger partial charge is 0.168 e. The van der Waals surface area contributed by atoms with Gasteiger partial charge < -0.3 is 5.32 Å². The molecule has 0 bridgehead atoms. The molecule has 0 aliphatic heterocycles. The Kier molecular flexibility index (Phi) is 4.48. The molecule has 0 aliphatic rings. The maximum atomic E-state index is 6.31. The van der Waals surface area contributed by atoms with Gasteiger partial charge in [-0.3, -0.25) is 0 Å². The van der Waals surface area contributed by atoms with E-state index in [2.05, 4.69) is 34.2 Å². The van der Waals surface area contributed by atoms with Crippen LogP contribution in [-0.2, 0) is 6.42 Å². The second kappa shape index (κ2) is 6.54. The predicted octanol–water partition coefficient (Wildman–Crippen LogP) is 4.10. The van der Waals surface area contributed by atoms with E-state index in [1.165, 1.54) is 0 Å². The van der Waals surface area contributed by atoms with Gasteiger partial charge in [-0.1, -0.05) is 44.5 Å². The minimum atomic E-state index is 0.531. The standard InChI is InChI=1S/C17H20ClN5/c1-4-15-21-16(19-9-11(2)3)12-10-20-23(17(12)22-15)14-8-6-5-7-13(14)18/h5-8,10-11H,4,9H2,1-3H3,(H,19,21,22). The molecule has 0 unspecified atom stereocenters. The summed E-state index contributed by atoms with van der Waals surface area (Å²) >= 11 is 6.31. The third-order valence-electron chi connectivity index (χ3n) is 3.55. The number of nitrogens with one attached hydrogen (secondary N) is 1. The number of benzene rings is 1. The summed E-state index contributed by atoms with van der Waals surface area (Å²) in [5, 5.41) is 9.43. The van der Waals surface area contributed by atoms with Crippen molar-refractivity contribution in [2.75, 3.05) is 11.9 Å². The fourth-order valence-corrected chi connectivity index (χ4v) is 2.56. The van der Waals surface area contributed by atoms with Crippen LogP contribution in [0.3, 0.4) is 0 Å². The molecule has 0 aliphatic carbocycles. The van der Waals surface area contributed by atoms with Gasteiger partial charge in [0, 0.05) is 13.0 Å². The van der Waals surface area contributed by atoms with Gasteiger partial charge in [-0.05, 0) is 18.1 Å². The van der Waals surface area contributed by atoms with Crippen LogP contribution >= 0.6 is 11.6 Å². The molecule has 1 aromatic carbocycles. The zero-order valence-electron chi connectivity index (χ0n) is 13.5. The van der Waals surface area contributed by atoms with E-state index in [-0.39, 0.29) is 0 Å². The molecule has 0 saturated heterocycles. The van der Waals surface area contributed by atoms with Crippen LogP contribution in [0.4, 0.5) is 5.82 Å². The van der Waals surface area contributed by atoms with Gasteiger partial charge in [0.15, 0.2) is 5.65 Å². The number of para-hydroxylation sites is 1. The third-order valence-corrected chi connectivity index (χ3v) is 3.87. The Morgan fingerprint density at radius 1 is 1.22 bits per heavy atom. The highest BCUT2D eigenvalue weighted by Crippen LogP contribution is 2.26. The first-order valence-electron chi connectivity index (χ1n) is 7.83. The maximum absolute atomic E-state index is 6.31. The number of nitrogens with zero attached hydrogens (tertiary/aromatic N) is 4. The summed E-state index contributed by atoms with van der Waals surface area (Å²) < 4.78 is 1.78. The molecule has 3 aromatic rings. The average Bonchev–Trinajstić information content (AvgIpc) is 2.96. The molecular weight excluding hydrogens is 310 g/mol. The zero-order valence-corrected chi connectivity index (χ0v) is 14.3. The molecule has 6 heteroatoms. The van der Waals surface area contributed by atoms with E-state index < -0.39 is 0 Å². The second-order valence-electron chi connectivity index (χ2n) is 5.86. The van der Waals surface area contributed by atoms with Crippen molar-refractivity contribution in [2.45, 2.75) is 27.2 Å². The fraction of sp³-hybridized carbons (Fsp3) is 0.353. The number of anilines is 1. The summed E-state index contributed by atoms with van der Waals surface area (Å²) in [5.41, 5.74) is 1.59.